The highest BCUT2D eigenvalue weighted by Gasteiger charge is 2.10. The normalized spacial score (nSPS) is 10.4. The van der Waals surface area contributed by atoms with Crippen molar-refractivity contribution in [2.24, 2.45) is 0 Å². The van der Waals surface area contributed by atoms with Crippen LogP contribution in [0.1, 0.15) is 11.1 Å². The Morgan fingerprint density at radius 3 is 3.00 bits per heavy atom. The van der Waals surface area contributed by atoms with Crippen LogP contribution in [0.3, 0.4) is 0 Å². The third-order valence-corrected chi connectivity index (χ3v) is 4.01. The van der Waals surface area contributed by atoms with Crippen LogP contribution < -0.4 is 0 Å². The van der Waals surface area contributed by atoms with Gasteiger partial charge in [0.25, 0.3) is 0 Å². The minimum Gasteiger partial charge on any atom is -0.192 e. The monoisotopic (exact) mass is 285 g/mol. The zero-order valence-corrected chi connectivity index (χ0v) is 10.2. The van der Waals surface area contributed by atoms with Gasteiger partial charge in [-0.3, -0.25) is 0 Å². The third-order valence-electron chi connectivity index (χ3n) is 2.01. The molecule has 2 rings (SSSR count). The van der Waals surface area contributed by atoms with E-state index in [1.165, 1.54) is 0 Å². The number of hydrogen-bond donors (Lipinski definition) is 0. The first-order valence-electron chi connectivity index (χ1n) is 3.92. The molecule has 0 aliphatic heterocycles. The summed E-state index contributed by atoms with van der Waals surface area (Å²) >= 11 is 11.1. The fourth-order valence-electron chi connectivity index (χ4n) is 1.35. The summed E-state index contributed by atoms with van der Waals surface area (Å²) < 4.78 is 0.974. The second-order valence-electron chi connectivity index (χ2n) is 2.81. The lowest BCUT2D eigenvalue weighted by atomic mass is 10.1. The van der Waals surface area contributed by atoms with Crippen LogP contribution >= 0.6 is 38.9 Å². The van der Waals surface area contributed by atoms with Crippen molar-refractivity contribution in [2.45, 2.75) is 5.33 Å². The van der Waals surface area contributed by atoms with E-state index in [4.69, 9.17) is 16.9 Å². The Labute approximate surface area is 99.0 Å². The van der Waals surface area contributed by atoms with E-state index >= 15 is 0 Å². The molecule has 0 aliphatic carbocycles. The van der Waals surface area contributed by atoms with Gasteiger partial charge in [0.1, 0.15) is 6.07 Å². The van der Waals surface area contributed by atoms with E-state index in [9.17, 15) is 0 Å². The average Bonchev–Trinajstić information content (AvgIpc) is 2.68. The van der Waals surface area contributed by atoms with Crippen LogP contribution in [0.25, 0.3) is 10.1 Å². The van der Waals surface area contributed by atoms with Crippen LogP contribution in [0.5, 0.6) is 0 Å². The quantitative estimate of drug-likeness (QED) is 0.716. The minimum atomic E-state index is 0.673. The van der Waals surface area contributed by atoms with Gasteiger partial charge < -0.3 is 0 Å². The van der Waals surface area contributed by atoms with Crippen molar-refractivity contribution >= 4 is 49.0 Å². The van der Waals surface area contributed by atoms with Gasteiger partial charge in [-0.1, -0.05) is 27.5 Å². The first-order chi connectivity index (χ1) is 6.77. The SMILES string of the molecule is N#Cc1cc(CBr)c(Cl)c2ccsc12. The average molecular weight is 287 g/mol. The topological polar surface area (TPSA) is 23.8 Å². The van der Waals surface area contributed by atoms with Crippen molar-refractivity contribution in [3.63, 3.8) is 0 Å². The van der Waals surface area contributed by atoms with Crippen LogP contribution in [0, 0.1) is 11.3 Å². The molecule has 1 aromatic heterocycles. The Balaban J connectivity index is 2.89. The summed E-state index contributed by atoms with van der Waals surface area (Å²) in [5.41, 5.74) is 1.67. The van der Waals surface area contributed by atoms with Crippen molar-refractivity contribution in [1.29, 1.82) is 5.26 Å². The molecule has 0 saturated heterocycles. The predicted molar refractivity (Wildman–Crippen MR) is 64.2 cm³/mol. The van der Waals surface area contributed by atoms with Crippen molar-refractivity contribution in [1.82, 2.24) is 0 Å². The Hall–Kier alpha value is -0.560. The van der Waals surface area contributed by atoms with Gasteiger partial charge in [-0.2, -0.15) is 5.26 Å². The van der Waals surface area contributed by atoms with Gasteiger partial charge in [-0.15, -0.1) is 11.3 Å². The molecular formula is C10H5BrClNS. The number of halogens is 2. The second kappa shape index (κ2) is 3.90. The molecule has 0 N–H and O–H groups in total. The van der Waals surface area contributed by atoms with Crippen molar-refractivity contribution in [3.8, 4) is 6.07 Å². The van der Waals surface area contributed by atoms with Gasteiger partial charge in [0, 0.05) is 10.7 Å². The zero-order chi connectivity index (χ0) is 10.1. The van der Waals surface area contributed by atoms with Gasteiger partial charge >= 0.3 is 0 Å². The van der Waals surface area contributed by atoms with Gasteiger partial charge in [0.05, 0.1) is 15.3 Å². The molecule has 0 radical (unpaired) electrons. The molecule has 70 valence electrons. The summed E-state index contributed by atoms with van der Waals surface area (Å²) in [6.45, 7) is 0. The molecule has 0 bridgehead atoms. The minimum absolute atomic E-state index is 0.673. The van der Waals surface area contributed by atoms with Crippen LogP contribution in [0.4, 0.5) is 0 Å². The first kappa shape index (κ1) is 9.97. The lowest BCUT2D eigenvalue weighted by molar-refractivity contribution is 1.44. The lowest BCUT2D eigenvalue weighted by Gasteiger charge is -2.02. The molecule has 0 unspecified atom stereocenters. The van der Waals surface area contributed by atoms with Crippen LogP contribution in [-0.2, 0) is 5.33 Å². The highest BCUT2D eigenvalue weighted by molar-refractivity contribution is 9.08. The molecule has 0 spiro atoms. The lowest BCUT2D eigenvalue weighted by Crippen LogP contribution is -1.84. The van der Waals surface area contributed by atoms with Crippen LogP contribution in [0.15, 0.2) is 17.5 Å². The number of alkyl halides is 1. The summed E-state index contributed by atoms with van der Waals surface area (Å²) in [6.07, 6.45) is 0. The molecule has 1 aromatic carbocycles. The maximum absolute atomic E-state index is 8.96. The summed E-state index contributed by atoms with van der Waals surface area (Å²) in [5.74, 6) is 0. The van der Waals surface area contributed by atoms with E-state index in [-0.39, 0.29) is 0 Å². The fourth-order valence-corrected chi connectivity index (χ4v) is 3.15. The van der Waals surface area contributed by atoms with Crippen LogP contribution in [-0.4, -0.2) is 0 Å². The number of thiophene rings is 1. The number of hydrogen-bond acceptors (Lipinski definition) is 2. The largest absolute Gasteiger partial charge is 0.192 e. The summed E-state index contributed by atoms with van der Waals surface area (Å²) in [6, 6.07) is 5.99. The molecule has 0 aliphatic rings. The number of nitrogens with zero attached hydrogens (tertiary/aromatic N) is 1. The Kier molecular flexibility index (Phi) is 2.78. The van der Waals surface area contributed by atoms with Gasteiger partial charge in [0.2, 0.25) is 0 Å². The van der Waals surface area contributed by atoms with Gasteiger partial charge in [-0.25, -0.2) is 0 Å². The van der Waals surface area contributed by atoms with E-state index in [1.807, 2.05) is 17.5 Å². The smallest absolute Gasteiger partial charge is 0.101 e. The number of benzene rings is 1. The molecule has 4 heteroatoms. The van der Waals surface area contributed by atoms with E-state index in [0.717, 1.165) is 20.7 Å². The van der Waals surface area contributed by atoms with Crippen molar-refractivity contribution < 1.29 is 0 Å². The maximum Gasteiger partial charge on any atom is 0.101 e. The Morgan fingerprint density at radius 2 is 2.36 bits per heavy atom. The summed E-state index contributed by atoms with van der Waals surface area (Å²) in [7, 11) is 0. The van der Waals surface area contributed by atoms with Gasteiger partial charge in [-0.05, 0) is 23.1 Å². The third kappa shape index (κ3) is 1.44. The van der Waals surface area contributed by atoms with Gasteiger partial charge in [0.15, 0.2) is 0 Å². The number of rotatable bonds is 1. The van der Waals surface area contributed by atoms with Crippen molar-refractivity contribution in [2.75, 3.05) is 0 Å². The molecule has 14 heavy (non-hydrogen) atoms. The number of fused-ring (bicyclic) bond motifs is 1. The van der Waals surface area contributed by atoms with E-state index < -0.39 is 0 Å². The second-order valence-corrected chi connectivity index (χ2v) is 4.66. The molecule has 1 heterocycles. The standard InChI is InChI=1S/C10H5BrClNS/c11-4-6-3-7(5-13)10-8(9(6)12)1-2-14-10/h1-3H,4H2. The molecule has 0 amide bonds. The van der Waals surface area contributed by atoms with Crippen LogP contribution in [0.2, 0.25) is 5.02 Å². The molecule has 0 saturated carbocycles. The molecule has 0 fully saturated rings. The van der Waals surface area contributed by atoms with Crippen molar-refractivity contribution in [3.05, 3.63) is 33.7 Å². The first-order valence-corrected chi connectivity index (χ1v) is 6.30. The summed E-state index contributed by atoms with van der Waals surface area (Å²) in [5, 5.41) is 13.3. The number of nitriles is 1. The van der Waals surface area contributed by atoms with E-state index in [1.54, 1.807) is 11.3 Å². The Bertz CT molecular complexity index is 527. The summed E-state index contributed by atoms with van der Waals surface area (Å²) in [4.78, 5) is 0. The van der Waals surface area contributed by atoms with E-state index in [0.29, 0.717) is 10.9 Å². The Morgan fingerprint density at radius 1 is 1.57 bits per heavy atom. The fraction of sp³-hybridized carbons (Fsp3) is 0.100. The molecule has 0 atom stereocenters. The zero-order valence-electron chi connectivity index (χ0n) is 7.05. The maximum atomic E-state index is 8.96. The molecule has 1 nitrogen and oxygen atoms in total. The van der Waals surface area contributed by atoms with E-state index in [2.05, 4.69) is 22.0 Å². The predicted octanol–water partition coefficient (Wildman–Crippen LogP) is 4.32. The molecular weight excluding hydrogens is 282 g/mol. The molecule has 2 aromatic rings. The highest BCUT2D eigenvalue weighted by atomic mass is 79.9. The highest BCUT2D eigenvalue weighted by Crippen LogP contribution is 2.34.